The van der Waals surface area contributed by atoms with Gasteiger partial charge >= 0.3 is 19.4 Å². The Bertz CT molecular complexity index is 1220. The third-order valence-corrected chi connectivity index (χ3v) is 7.70. The molecular formula is C23H31ClN3O9P. The molecule has 0 saturated carbocycles. The fourth-order valence-corrected chi connectivity index (χ4v) is 5.38. The van der Waals surface area contributed by atoms with Crippen molar-refractivity contribution in [2.24, 2.45) is 0 Å². The first-order valence-electron chi connectivity index (χ1n) is 11.7. The molecule has 37 heavy (non-hydrogen) atoms. The number of halogens is 1. The van der Waals surface area contributed by atoms with Crippen LogP contribution in [-0.2, 0) is 23.4 Å². The van der Waals surface area contributed by atoms with Crippen molar-refractivity contribution in [3.63, 3.8) is 0 Å². The molecule has 1 aromatic heterocycles. The van der Waals surface area contributed by atoms with Gasteiger partial charge in [-0.05, 0) is 32.4 Å². The van der Waals surface area contributed by atoms with Crippen molar-refractivity contribution in [3.8, 4) is 5.75 Å². The number of aromatic nitrogens is 2. The highest BCUT2D eigenvalue weighted by Crippen LogP contribution is 2.48. The molecule has 0 spiro atoms. The van der Waals surface area contributed by atoms with Crippen molar-refractivity contribution in [2.75, 3.05) is 13.2 Å². The summed E-state index contributed by atoms with van der Waals surface area (Å²) in [6.45, 7) is 4.59. The molecule has 204 valence electrons. The van der Waals surface area contributed by atoms with Crippen LogP contribution in [0.25, 0.3) is 0 Å². The van der Waals surface area contributed by atoms with Crippen LogP contribution in [0.1, 0.15) is 39.8 Å². The number of ether oxygens (including phenoxy) is 2. The Balaban J connectivity index is 1.77. The number of unbranched alkanes of at least 4 members (excludes halogenated alkanes) is 1. The van der Waals surface area contributed by atoms with Crippen molar-refractivity contribution in [3.05, 3.63) is 63.4 Å². The summed E-state index contributed by atoms with van der Waals surface area (Å²) >= 11 is 6.53. The molecule has 0 bridgehead atoms. The standard InChI is InChI=1S/C23H31ClN3O9P/c1-4-5-13-33-20(30)15(2)26-37(32,36-16-9-7-6-8-10-16)34-14-17-19(29)23(3,24)21(35-17)27-12-11-18(28)25-22(27)31/h6-12,15,17,19,21,29H,4-5,13-14H2,1-3H3,(H,26,32)(H,25,28,31)/t15-,17+,19+,21+,23+,37-/m0/s1. The first kappa shape index (κ1) is 29.1. The zero-order valence-corrected chi connectivity index (χ0v) is 22.3. The van der Waals surface area contributed by atoms with Crippen LogP contribution >= 0.6 is 19.3 Å². The van der Waals surface area contributed by atoms with Gasteiger partial charge in [-0.15, -0.1) is 11.6 Å². The molecule has 6 atom stereocenters. The largest absolute Gasteiger partial charge is 0.465 e. The Morgan fingerprint density at radius 2 is 2.03 bits per heavy atom. The zero-order chi connectivity index (χ0) is 27.2. The number of alkyl halides is 1. The monoisotopic (exact) mass is 559 g/mol. The Hall–Kier alpha value is -2.47. The lowest BCUT2D eigenvalue weighted by molar-refractivity contribution is -0.145. The maximum absolute atomic E-state index is 13.7. The van der Waals surface area contributed by atoms with E-state index in [-0.39, 0.29) is 12.4 Å². The number of benzene rings is 1. The molecule has 1 aromatic carbocycles. The molecule has 3 rings (SSSR count). The average Bonchev–Trinajstić information content (AvgIpc) is 3.07. The molecule has 2 heterocycles. The van der Waals surface area contributed by atoms with Crippen LogP contribution in [0.3, 0.4) is 0 Å². The van der Waals surface area contributed by atoms with Crippen molar-refractivity contribution >= 4 is 25.3 Å². The lowest BCUT2D eigenvalue weighted by Gasteiger charge is -2.26. The predicted octanol–water partition coefficient (Wildman–Crippen LogP) is 2.32. The Labute approximate surface area is 218 Å². The number of para-hydroxylation sites is 1. The van der Waals surface area contributed by atoms with Gasteiger partial charge in [0.15, 0.2) is 6.23 Å². The van der Waals surface area contributed by atoms with Gasteiger partial charge in [-0.3, -0.25) is 23.7 Å². The van der Waals surface area contributed by atoms with Crippen LogP contribution in [0.2, 0.25) is 0 Å². The normalized spacial score (nSPS) is 25.8. The first-order valence-corrected chi connectivity index (χ1v) is 13.7. The Kier molecular flexibility index (Phi) is 9.74. The number of hydrogen-bond donors (Lipinski definition) is 3. The van der Waals surface area contributed by atoms with Gasteiger partial charge in [0.05, 0.1) is 13.2 Å². The molecular weight excluding hydrogens is 529 g/mol. The number of hydrogen-bond acceptors (Lipinski definition) is 9. The highest BCUT2D eigenvalue weighted by molar-refractivity contribution is 7.52. The summed E-state index contributed by atoms with van der Waals surface area (Å²) in [5.41, 5.74) is -1.39. The van der Waals surface area contributed by atoms with E-state index in [2.05, 4.69) is 10.1 Å². The minimum Gasteiger partial charge on any atom is -0.465 e. The summed E-state index contributed by atoms with van der Waals surface area (Å²) in [5.74, 6) is -0.436. The molecule has 12 nitrogen and oxygen atoms in total. The van der Waals surface area contributed by atoms with Gasteiger partial charge in [0, 0.05) is 12.3 Å². The van der Waals surface area contributed by atoms with Crippen molar-refractivity contribution in [2.45, 2.75) is 63.0 Å². The zero-order valence-electron chi connectivity index (χ0n) is 20.7. The van der Waals surface area contributed by atoms with E-state index in [0.717, 1.165) is 17.1 Å². The molecule has 1 fully saturated rings. The van der Waals surface area contributed by atoms with Gasteiger partial charge in [-0.1, -0.05) is 31.5 Å². The Morgan fingerprint density at radius 3 is 2.68 bits per heavy atom. The number of nitrogens with one attached hydrogen (secondary N) is 2. The molecule has 0 aliphatic carbocycles. The van der Waals surface area contributed by atoms with E-state index in [1.54, 1.807) is 30.3 Å². The SMILES string of the molecule is CCCCOC(=O)[C@H](C)N[P@](=O)(OC[C@H]1O[C@@H](n2ccc(=O)[nH]c2=O)[C@](C)(Cl)[C@@H]1O)Oc1ccccc1. The van der Waals surface area contributed by atoms with E-state index >= 15 is 0 Å². The quantitative estimate of drug-likeness (QED) is 0.152. The highest BCUT2D eigenvalue weighted by atomic mass is 35.5. The van der Waals surface area contributed by atoms with Crippen LogP contribution in [-0.4, -0.2) is 57.0 Å². The summed E-state index contributed by atoms with van der Waals surface area (Å²) < 4.78 is 36.8. The lowest BCUT2D eigenvalue weighted by Crippen LogP contribution is -2.43. The number of carbonyl (C=O) groups is 1. The molecule has 1 aliphatic heterocycles. The predicted molar refractivity (Wildman–Crippen MR) is 135 cm³/mol. The van der Waals surface area contributed by atoms with Gasteiger partial charge in [0.2, 0.25) is 0 Å². The van der Waals surface area contributed by atoms with E-state index in [0.29, 0.717) is 6.42 Å². The summed E-state index contributed by atoms with van der Waals surface area (Å²) in [5, 5.41) is 13.4. The maximum Gasteiger partial charge on any atom is 0.459 e. The third kappa shape index (κ3) is 7.31. The second kappa shape index (κ2) is 12.4. The van der Waals surface area contributed by atoms with E-state index < -0.39 is 60.9 Å². The average molecular weight is 560 g/mol. The topological polar surface area (TPSA) is 158 Å². The van der Waals surface area contributed by atoms with Crippen LogP contribution < -0.4 is 20.9 Å². The van der Waals surface area contributed by atoms with Crippen LogP contribution in [0.5, 0.6) is 5.75 Å². The maximum atomic E-state index is 13.7. The second-order valence-corrected chi connectivity index (χ2v) is 11.2. The Morgan fingerprint density at radius 1 is 1.32 bits per heavy atom. The number of aliphatic hydroxyl groups is 1. The van der Waals surface area contributed by atoms with Crippen LogP contribution in [0, 0.1) is 0 Å². The van der Waals surface area contributed by atoms with E-state index in [1.807, 2.05) is 6.92 Å². The number of carbonyl (C=O) groups excluding carboxylic acids is 1. The molecule has 1 saturated heterocycles. The fraction of sp³-hybridized carbons (Fsp3) is 0.522. The number of aromatic amines is 1. The number of rotatable bonds is 12. The number of nitrogens with zero attached hydrogens (tertiary/aromatic N) is 1. The van der Waals surface area contributed by atoms with Crippen molar-refractivity contribution < 1.29 is 33.0 Å². The molecule has 14 heteroatoms. The fourth-order valence-electron chi connectivity index (χ4n) is 3.58. The number of esters is 1. The minimum absolute atomic E-state index is 0.206. The molecule has 3 N–H and O–H groups in total. The summed E-state index contributed by atoms with van der Waals surface area (Å²) in [6, 6.07) is 8.24. The highest BCUT2D eigenvalue weighted by Gasteiger charge is 2.54. The first-order chi connectivity index (χ1) is 17.5. The van der Waals surface area contributed by atoms with E-state index in [9.17, 15) is 24.1 Å². The molecule has 2 aromatic rings. The van der Waals surface area contributed by atoms with Crippen molar-refractivity contribution in [1.82, 2.24) is 14.6 Å². The van der Waals surface area contributed by atoms with Gasteiger partial charge in [-0.2, -0.15) is 5.09 Å². The number of aliphatic hydroxyl groups excluding tert-OH is 1. The summed E-state index contributed by atoms with van der Waals surface area (Å²) in [4.78, 5) is 36.6. The van der Waals surface area contributed by atoms with E-state index in [1.165, 1.54) is 20.0 Å². The molecule has 0 amide bonds. The van der Waals surface area contributed by atoms with Crippen LogP contribution in [0.15, 0.2) is 52.2 Å². The lowest BCUT2D eigenvalue weighted by atomic mass is 10.0. The van der Waals surface area contributed by atoms with Gasteiger partial charge in [0.1, 0.15) is 28.9 Å². The van der Waals surface area contributed by atoms with Gasteiger partial charge < -0.3 is 19.1 Å². The van der Waals surface area contributed by atoms with Crippen molar-refractivity contribution in [1.29, 1.82) is 0 Å². The summed E-state index contributed by atoms with van der Waals surface area (Å²) in [7, 11) is -4.22. The van der Waals surface area contributed by atoms with Crippen LogP contribution in [0.4, 0.5) is 0 Å². The second-order valence-electron chi connectivity index (χ2n) is 8.71. The molecule has 1 aliphatic rings. The minimum atomic E-state index is -4.22. The van der Waals surface area contributed by atoms with Gasteiger partial charge in [0.25, 0.3) is 5.56 Å². The summed E-state index contributed by atoms with van der Waals surface area (Å²) in [6.07, 6.45) is -0.993. The number of H-pyrrole nitrogens is 1. The third-order valence-electron chi connectivity index (χ3n) is 5.65. The smallest absolute Gasteiger partial charge is 0.459 e. The molecule has 0 radical (unpaired) electrons. The van der Waals surface area contributed by atoms with E-state index in [4.69, 9.17) is 30.1 Å². The molecule has 0 unspecified atom stereocenters. The van der Waals surface area contributed by atoms with Gasteiger partial charge in [-0.25, -0.2) is 9.36 Å².